The Balaban J connectivity index is 1.68. The highest BCUT2D eigenvalue weighted by Crippen LogP contribution is 2.58. The van der Waals surface area contributed by atoms with Crippen molar-refractivity contribution in [3.63, 3.8) is 0 Å². The predicted molar refractivity (Wildman–Crippen MR) is 137 cm³/mol. The van der Waals surface area contributed by atoms with Crippen molar-refractivity contribution in [3.05, 3.63) is 101 Å². The third-order valence-corrected chi connectivity index (χ3v) is 7.96. The van der Waals surface area contributed by atoms with Gasteiger partial charge in [0.05, 0.1) is 18.0 Å². The monoisotopic (exact) mass is 482 g/mol. The van der Waals surface area contributed by atoms with Gasteiger partial charge >= 0.3 is 0 Å². The number of anilines is 2. The average Bonchev–Trinajstić information content (AvgIpc) is 3.32. The molecule has 1 saturated heterocycles. The molecule has 6 heteroatoms. The summed E-state index contributed by atoms with van der Waals surface area (Å²) in [6.07, 6.45) is 2.05. The van der Waals surface area contributed by atoms with Crippen molar-refractivity contribution >= 4 is 46.0 Å². The number of para-hydroxylation sites is 2. The highest BCUT2D eigenvalue weighted by molar-refractivity contribution is 6.30. The topological polar surface area (TPSA) is 66.5 Å². The Labute approximate surface area is 208 Å². The van der Waals surface area contributed by atoms with Crippen LogP contribution in [0.2, 0.25) is 5.02 Å². The van der Waals surface area contributed by atoms with Crippen LogP contribution in [0.15, 0.2) is 78.9 Å². The van der Waals surface area contributed by atoms with Crippen molar-refractivity contribution in [2.24, 2.45) is 5.92 Å². The summed E-state index contributed by atoms with van der Waals surface area (Å²) in [5.41, 5.74) is 3.46. The maximum atomic E-state index is 14.3. The first-order valence-electron chi connectivity index (χ1n) is 11.6. The van der Waals surface area contributed by atoms with E-state index in [0.717, 1.165) is 22.4 Å². The van der Waals surface area contributed by atoms with Gasteiger partial charge in [0, 0.05) is 27.5 Å². The van der Waals surface area contributed by atoms with Gasteiger partial charge in [-0.15, -0.1) is 0 Å². The minimum absolute atomic E-state index is 0.154. The molecular formula is C29H23ClN2O3. The van der Waals surface area contributed by atoms with E-state index >= 15 is 0 Å². The molecule has 0 radical (unpaired) electrons. The molecule has 0 unspecified atom stereocenters. The first-order valence-corrected chi connectivity index (χ1v) is 12.0. The number of halogens is 1. The molecule has 174 valence electrons. The molecule has 1 amide bonds. The maximum absolute atomic E-state index is 14.3. The molecule has 0 saturated carbocycles. The molecule has 3 aromatic rings. The minimum Gasteiger partial charge on any atom is -0.352 e. The molecular weight excluding hydrogens is 460 g/mol. The molecule has 6 rings (SSSR count). The molecule has 3 aromatic carbocycles. The van der Waals surface area contributed by atoms with E-state index in [0.29, 0.717) is 16.3 Å². The summed E-state index contributed by atoms with van der Waals surface area (Å²) >= 11 is 6.09. The Kier molecular flexibility index (Phi) is 4.77. The van der Waals surface area contributed by atoms with Gasteiger partial charge in [0.25, 0.3) is 0 Å². The first kappa shape index (κ1) is 21.8. The number of fused-ring (bicyclic) bond motifs is 6. The van der Waals surface area contributed by atoms with E-state index < -0.39 is 23.4 Å². The fourth-order valence-corrected chi connectivity index (χ4v) is 6.46. The largest absolute Gasteiger partial charge is 0.352 e. The maximum Gasteiger partial charge on any atom is 0.238 e. The smallest absolute Gasteiger partial charge is 0.238 e. The lowest BCUT2D eigenvalue weighted by Gasteiger charge is -2.39. The van der Waals surface area contributed by atoms with Crippen LogP contribution in [0.25, 0.3) is 5.57 Å². The number of nitrogens with one attached hydrogen (secondary N) is 1. The third-order valence-electron chi connectivity index (χ3n) is 7.71. The molecule has 1 spiro atoms. The summed E-state index contributed by atoms with van der Waals surface area (Å²) in [4.78, 5) is 43.7. The number of rotatable bonds is 3. The predicted octanol–water partition coefficient (Wildman–Crippen LogP) is 5.29. The number of ketones is 2. The van der Waals surface area contributed by atoms with E-state index in [2.05, 4.69) is 11.4 Å². The Morgan fingerprint density at radius 1 is 0.971 bits per heavy atom. The normalized spacial score (nSPS) is 26.0. The molecule has 5 nitrogen and oxygen atoms in total. The summed E-state index contributed by atoms with van der Waals surface area (Å²) in [6.45, 7) is 3.52. The first-order chi connectivity index (χ1) is 16.9. The second-order valence-corrected chi connectivity index (χ2v) is 9.93. The molecule has 0 bridgehead atoms. The molecule has 35 heavy (non-hydrogen) atoms. The van der Waals surface area contributed by atoms with Crippen LogP contribution in [0.4, 0.5) is 11.4 Å². The van der Waals surface area contributed by atoms with Gasteiger partial charge in [0.2, 0.25) is 5.91 Å². The van der Waals surface area contributed by atoms with Crippen LogP contribution in [0.5, 0.6) is 0 Å². The number of allylic oxidation sites excluding steroid dienone is 1. The number of benzene rings is 3. The lowest BCUT2D eigenvalue weighted by molar-refractivity contribution is -0.122. The van der Waals surface area contributed by atoms with Crippen molar-refractivity contribution in [2.45, 2.75) is 31.3 Å². The summed E-state index contributed by atoms with van der Waals surface area (Å²) in [5.74, 6) is -1.58. The average molecular weight is 483 g/mol. The van der Waals surface area contributed by atoms with Crippen LogP contribution < -0.4 is 10.2 Å². The van der Waals surface area contributed by atoms with E-state index in [-0.39, 0.29) is 17.5 Å². The van der Waals surface area contributed by atoms with E-state index in [1.165, 1.54) is 6.92 Å². The number of hydrogen-bond acceptors (Lipinski definition) is 4. The van der Waals surface area contributed by atoms with Crippen LogP contribution in [0.3, 0.4) is 0 Å². The lowest BCUT2D eigenvalue weighted by atomic mass is 9.64. The SMILES string of the molecule is CC(=O)[C@@H]1[C@H](C(=O)c2ccc(Cl)cc2)[C@]2(C(=O)Nc3ccccc32)[C@H]2C=C(C)c3ccccc3N12. The molecule has 1 N–H and O–H groups in total. The quantitative estimate of drug-likeness (QED) is 0.515. The van der Waals surface area contributed by atoms with Crippen LogP contribution in [-0.4, -0.2) is 29.6 Å². The van der Waals surface area contributed by atoms with Crippen molar-refractivity contribution in [1.29, 1.82) is 0 Å². The third kappa shape index (κ3) is 2.85. The van der Waals surface area contributed by atoms with Crippen LogP contribution >= 0.6 is 11.6 Å². The molecule has 1 fully saturated rings. The number of Topliss-reactive ketones (excluding diaryl/α,β-unsaturated/α-hetero) is 2. The van der Waals surface area contributed by atoms with E-state index in [9.17, 15) is 14.4 Å². The lowest BCUT2D eigenvalue weighted by Crippen LogP contribution is -2.51. The van der Waals surface area contributed by atoms with E-state index in [1.54, 1.807) is 24.3 Å². The number of carbonyl (C=O) groups excluding carboxylic acids is 3. The zero-order valence-electron chi connectivity index (χ0n) is 19.3. The van der Waals surface area contributed by atoms with Gasteiger partial charge in [-0.1, -0.05) is 54.1 Å². The number of amides is 1. The zero-order valence-corrected chi connectivity index (χ0v) is 20.0. The summed E-state index contributed by atoms with van der Waals surface area (Å²) in [6, 6.07) is 20.7. The molecule has 0 aliphatic carbocycles. The van der Waals surface area contributed by atoms with Crippen molar-refractivity contribution < 1.29 is 14.4 Å². The second kappa shape index (κ2) is 7.65. The highest BCUT2D eigenvalue weighted by Gasteiger charge is 2.70. The van der Waals surface area contributed by atoms with Crippen LogP contribution in [-0.2, 0) is 15.0 Å². The van der Waals surface area contributed by atoms with Gasteiger partial charge < -0.3 is 10.2 Å². The van der Waals surface area contributed by atoms with Crippen LogP contribution in [0, 0.1) is 5.92 Å². The van der Waals surface area contributed by atoms with Crippen molar-refractivity contribution in [1.82, 2.24) is 0 Å². The molecule has 3 aliphatic rings. The van der Waals surface area contributed by atoms with Crippen LogP contribution in [0.1, 0.15) is 35.3 Å². The summed E-state index contributed by atoms with van der Waals surface area (Å²) < 4.78 is 0. The van der Waals surface area contributed by atoms with Crippen molar-refractivity contribution in [2.75, 3.05) is 10.2 Å². The Hall–Kier alpha value is -3.70. The van der Waals surface area contributed by atoms with Gasteiger partial charge in [-0.3, -0.25) is 14.4 Å². The minimum atomic E-state index is -1.27. The Morgan fingerprint density at radius 3 is 2.40 bits per heavy atom. The fraction of sp³-hybridized carbons (Fsp3) is 0.207. The highest BCUT2D eigenvalue weighted by atomic mass is 35.5. The van der Waals surface area contributed by atoms with E-state index in [4.69, 9.17) is 11.6 Å². The molecule has 0 aromatic heterocycles. The Morgan fingerprint density at radius 2 is 1.66 bits per heavy atom. The second-order valence-electron chi connectivity index (χ2n) is 9.49. The summed E-state index contributed by atoms with van der Waals surface area (Å²) in [5, 5.41) is 3.54. The molecule has 4 atom stereocenters. The van der Waals surface area contributed by atoms with E-state index in [1.807, 2.05) is 60.4 Å². The van der Waals surface area contributed by atoms with Gasteiger partial charge in [-0.05, 0) is 61.4 Å². The zero-order chi connectivity index (χ0) is 24.5. The van der Waals surface area contributed by atoms with Gasteiger partial charge in [0.1, 0.15) is 5.41 Å². The van der Waals surface area contributed by atoms with Gasteiger partial charge in [-0.25, -0.2) is 0 Å². The molecule has 3 aliphatic heterocycles. The van der Waals surface area contributed by atoms with Gasteiger partial charge in [0.15, 0.2) is 11.6 Å². The number of carbonyl (C=O) groups is 3. The Bertz CT molecular complexity index is 1440. The number of nitrogens with zero attached hydrogens (tertiary/aromatic N) is 1. The standard InChI is InChI=1S/C29H23ClN2O3/c1-16-15-24-29(21-8-4-5-9-22(21)31-28(29)35)25(27(34)18-11-13-19(30)14-12-18)26(17(2)33)32(24)23-10-6-3-7-20(16)23/h3-15,24-26H,1-2H3,(H,31,35)/t24-,25-,26-,29-/m1/s1. The van der Waals surface area contributed by atoms with Gasteiger partial charge in [-0.2, -0.15) is 0 Å². The number of hydrogen-bond donors (Lipinski definition) is 1. The fourth-order valence-electron chi connectivity index (χ4n) is 6.33. The molecule has 3 heterocycles. The summed E-state index contributed by atoms with van der Waals surface area (Å²) in [7, 11) is 0. The van der Waals surface area contributed by atoms with Crippen molar-refractivity contribution in [3.8, 4) is 0 Å².